The third-order valence-electron chi connectivity index (χ3n) is 3.29. The first-order valence-corrected chi connectivity index (χ1v) is 5.97. The molecule has 0 spiro atoms. The van der Waals surface area contributed by atoms with Crippen LogP contribution in [-0.2, 0) is 9.59 Å². The molecule has 0 saturated carbocycles. The lowest BCUT2D eigenvalue weighted by molar-refractivity contribution is -0.134. The van der Waals surface area contributed by atoms with Crippen LogP contribution in [0.2, 0.25) is 0 Å². The van der Waals surface area contributed by atoms with Gasteiger partial charge in [-0.2, -0.15) is 5.10 Å². The quantitative estimate of drug-likeness (QED) is 0.742. The van der Waals surface area contributed by atoms with Gasteiger partial charge in [0.05, 0.1) is 5.92 Å². The number of amides is 2. The van der Waals surface area contributed by atoms with Crippen LogP contribution in [0.1, 0.15) is 34.8 Å². The molecule has 3 rings (SSSR count). The number of carbonyl (C=O) groups excluding carboxylic acids is 2. The number of carbonyl (C=O) groups is 3. The van der Waals surface area contributed by atoms with Crippen molar-refractivity contribution in [2.45, 2.75) is 18.8 Å². The van der Waals surface area contributed by atoms with Crippen LogP contribution in [0.25, 0.3) is 5.65 Å². The smallest absolute Gasteiger partial charge is 0.354 e. The normalized spacial score (nSPS) is 19.1. The standard InChI is InChI=1S/C12H10N4O4/c17-9-4-2-7(11(18)15-9)6-1-3-8(12(19)20)16-10(6)13-5-14-16/h1,3,5,7H,2,4H2,(H,19,20)(H,15,17,18). The zero-order valence-electron chi connectivity index (χ0n) is 10.2. The van der Waals surface area contributed by atoms with Gasteiger partial charge in [0.2, 0.25) is 11.8 Å². The van der Waals surface area contributed by atoms with Gasteiger partial charge in [-0.25, -0.2) is 14.3 Å². The number of fused-ring (bicyclic) bond motifs is 1. The van der Waals surface area contributed by atoms with Gasteiger partial charge in [-0.1, -0.05) is 6.07 Å². The second kappa shape index (κ2) is 4.41. The summed E-state index contributed by atoms with van der Waals surface area (Å²) in [6, 6.07) is 2.93. The number of carboxylic acids is 1. The molecule has 0 aliphatic carbocycles. The van der Waals surface area contributed by atoms with E-state index < -0.39 is 17.8 Å². The lowest BCUT2D eigenvalue weighted by Gasteiger charge is -2.21. The molecule has 1 aliphatic rings. The van der Waals surface area contributed by atoms with Crippen molar-refractivity contribution in [3.05, 3.63) is 29.7 Å². The molecule has 0 bridgehead atoms. The van der Waals surface area contributed by atoms with E-state index in [1.54, 1.807) is 6.07 Å². The number of hydrogen-bond donors (Lipinski definition) is 2. The van der Waals surface area contributed by atoms with Crippen LogP contribution in [-0.4, -0.2) is 37.5 Å². The summed E-state index contributed by atoms with van der Waals surface area (Å²) in [7, 11) is 0. The lowest BCUT2D eigenvalue weighted by atomic mass is 9.91. The molecule has 2 N–H and O–H groups in total. The van der Waals surface area contributed by atoms with E-state index in [9.17, 15) is 14.4 Å². The maximum absolute atomic E-state index is 11.9. The number of hydrogen-bond acceptors (Lipinski definition) is 5. The highest BCUT2D eigenvalue weighted by Crippen LogP contribution is 2.27. The summed E-state index contributed by atoms with van der Waals surface area (Å²) >= 11 is 0. The predicted molar refractivity (Wildman–Crippen MR) is 65.1 cm³/mol. The number of imide groups is 1. The van der Waals surface area contributed by atoms with Crippen molar-refractivity contribution in [3.8, 4) is 0 Å². The fourth-order valence-electron chi connectivity index (χ4n) is 2.35. The maximum Gasteiger partial charge on any atom is 0.354 e. The van der Waals surface area contributed by atoms with E-state index in [2.05, 4.69) is 15.4 Å². The summed E-state index contributed by atoms with van der Waals surface area (Å²) in [6.45, 7) is 0. The van der Waals surface area contributed by atoms with Gasteiger partial charge in [0.25, 0.3) is 0 Å². The molecule has 3 heterocycles. The third-order valence-corrected chi connectivity index (χ3v) is 3.29. The number of nitrogens with zero attached hydrogens (tertiary/aromatic N) is 3. The van der Waals surface area contributed by atoms with Gasteiger partial charge < -0.3 is 5.11 Å². The average molecular weight is 274 g/mol. The Morgan fingerprint density at radius 1 is 1.40 bits per heavy atom. The Balaban J connectivity index is 2.11. The maximum atomic E-state index is 11.9. The number of nitrogens with one attached hydrogen (secondary N) is 1. The number of aromatic carboxylic acids is 1. The Morgan fingerprint density at radius 2 is 2.20 bits per heavy atom. The Bertz CT molecular complexity index is 736. The van der Waals surface area contributed by atoms with Crippen molar-refractivity contribution in [1.82, 2.24) is 19.9 Å². The van der Waals surface area contributed by atoms with E-state index >= 15 is 0 Å². The minimum Gasteiger partial charge on any atom is -0.477 e. The Hall–Kier alpha value is -2.77. The Labute approximate surface area is 112 Å². The SMILES string of the molecule is O=C1CCC(c2ccc(C(=O)O)n3ncnc23)C(=O)N1. The van der Waals surface area contributed by atoms with E-state index in [1.807, 2.05) is 0 Å². The molecule has 8 heteroatoms. The van der Waals surface area contributed by atoms with E-state index in [4.69, 9.17) is 5.11 Å². The molecular weight excluding hydrogens is 264 g/mol. The zero-order chi connectivity index (χ0) is 14.3. The molecule has 2 amide bonds. The fourth-order valence-corrected chi connectivity index (χ4v) is 2.35. The molecule has 1 unspecified atom stereocenters. The van der Waals surface area contributed by atoms with Crippen molar-refractivity contribution in [1.29, 1.82) is 0 Å². The molecule has 8 nitrogen and oxygen atoms in total. The fraction of sp³-hybridized carbons (Fsp3) is 0.250. The van der Waals surface area contributed by atoms with Gasteiger partial charge in [0.1, 0.15) is 6.33 Å². The second-order valence-corrected chi connectivity index (χ2v) is 4.48. The average Bonchev–Trinajstić information content (AvgIpc) is 2.87. The van der Waals surface area contributed by atoms with Crippen LogP contribution >= 0.6 is 0 Å². The predicted octanol–water partition coefficient (Wildman–Crippen LogP) is -0.0523. The van der Waals surface area contributed by atoms with Gasteiger partial charge in [0.15, 0.2) is 11.3 Å². The number of rotatable bonds is 2. The molecule has 1 saturated heterocycles. The summed E-state index contributed by atoms with van der Waals surface area (Å²) in [5, 5.41) is 15.2. The molecule has 2 aromatic heterocycles. The molecule has 2 aromatic rings. The van der Waals surface area contributed by atoms with Crippen LogP contribution in [0.15, 0.2) is 18.5 Å². The summed E-state index contributed by atoms with van der Waals surface area (Å²) in [6.07, 6.45) is 1.86. The largest absolute Gasteiger partial charge is 0.477 e. The second-order valence-electron chi connectivity index (χ2n) is 4.48. The molecule has 1 fully saturated rings. The Kier molecular flexibility index (Phi) is 2.70. The lowest BCUT2D eigenvalue weighted by Crippen LogP contribution is -2.39. The van der Waals surface area contributed by atoms with Crippen LogP contribution < -0.4 is 5.32 Å². The van der Waals surface area contributed by atoms with Crippen molar-refractivity contribution in [2.75, 3.05) is 0 Å². The minimum atomic E-state index is -1.13. The van der Waals surface area contributed by atoms with Gasteiger partial charge in [-0.15, -0.1) is 0 Å². The first kappa shape index (κ1) is 12.3. The molecule has 1 aliphatic heterocycles. The third kappa shape index (κ3) is 1.81. The van der Waals surface area contributed by atoms with E-state index in [0.717, 1.165) is 0 Å². The Morgan fingerprint density at radius 3 is 2.90 bits per heavy atom. The van der Waals surface area contributed by atoms with Gasteiger partial charge in [-0.3, -0.25) is 14.9 Å². The van der Waals surface area contributed by atoms with Gasteiger partial charge in [0, 0.05) is 12.0 Å². The molecular formula is C12H10N4O4. The number of carboxylic acid groups (broad SMARTS) is 1. The zero-order valence-corrected chi connectivity index (χ0v) is 10.2. The highest BCUT2D eigenvalue weighted by Gasteiger charge is 2.30. The van der Waals surface area contributed by atoms with Crippen molar-refractivity contribution in [3.63, 3.8) is 0 Å². The minimum absolute atomic E-state index is 0.0338. The monoisotopic (exact) mass is 274 g/mol. The summed E-state index contributed by atoms with van der Waals surface area (Å²) in [4.78, 5) is 38.2. The number of aromatic nitrogens is 3. The van der Waals surface area contributed by atoms with E-state index in [-0.39, 0.29) is 18.0 Å². The van der Waals surface area contributed by atoms with E-state index in [0.29, 0.717) is 17.6 Å². The van der Waals surface area contributed by atoms with Crippen LogP contribution in [0.5, 0.6) is 0 Å². The number of piperidine rings is 1. The molecule has 1 atom stereocenters. The highest BCUT2D eigenvalue weighted by molar-refractivity contribution is 6.01. The van der Waals surface area contributed by atoms with Gasteiger partial charge in [-0.05, 0) is 12.5 Å². The van der Waals surface area contributed by atoms with Crippen molar-refractivity contribution < 1.29 is 19.5 Å². The van der Waals surface area contributed by atoms with Crippen molar-refractivity contribution >= 4 is 23.4 Å². The molecule has 20 heavy (non-hydrogen) atoms. The summed E-state index contributed by atoms with van der Waals surface area (Å²) < 4.78 is 1.18. The summed E-state index contributed by atoms with van der Waals surface area (Å²) in [5.74, 6) is -2.35. The molecule has 102 valence electrons. The first-order valence-electron chi connectivity index (χ1n) is 5.97. The highest BCUT2D eigenvalue weighted by atomic mass is 16.4. The van der Waals surface area contributed by atoms with E-state index in [1.165, 1.54) is 16.9 Å². The van der Waals surface area contributed by atoms with Crippen molar-refractivity contribution in [2.24, 2.45) is 0 Å². The van der Waals surface area contributed by atoms with Gasteiger partial charge >= 0.3 is 5.97 Å². The van der Waals surface area contributed by atoms with Crippen LogP contribution in [0.3, 0.4) is 0 Å². The number of pyridine rings is 1. The first-order chi connectivity index (χ1) is 9.58. The van der Waals surface area contributed by atoms with Crippen LogP contribution in [0.4, 0.5) is 0 Å². The molecule has 0 aromatic carbocycles. The topological polar surface area (TPSA) is 114 Å². The summed E-state index contributed by atoms with van der Waals surface area (Å²) in [5.41, 5.74) is 0.852. The van der Waals surface area contributed by atoms with Crippen LogP contribution in [0, 0.1) is 0 Å². The molecule has 0 radical (unpaired) electrons.